The van der Waals surface area contributed by atoms with Crippen LogP contribution >= 0.6 is 7.82 Å². The lowest BCUT2D eigenvalue weighted by atomic mass is 10.1. The van der Waals surface area contributed by atoms with E-state index in [1.165, 1.54) is 0 Å². The first-order valence-corrected chi connectivity index (χ1v) is 23.6. The fourth-order valence-corrected chi connectivity index (χ4v) is 5.94. The van der Waals surface area contributed by atoms with Gasteiger partial charge in [-0.2, -0.15) is 0 Å². The number of hydrogen-bond donors (Lipinski definition) is 2. The second-order valence-corrected chi connectivity index (χ2v) is 17.2. The van der Waals surface area contributed by atoms with E-state index in [2.05, 4.69) is 38.2 Å². The van der Waals surface area contributed by atoms with Crippen molar-refractivity contribution in [3.63, 3.8) is 0 Å². The van der Waals surface area contributed by atoms with E-state index in [-0.39, 0.29) is 38.3 Å². The number of ether oxygens (including phenoxy) is 2. The highest BCUT2D eigenvalue weighted by molar-refractivity contribution is 7.45. The van der Waals surface area contributed by atoms with Crippen molar-refractivity contribution in [2.75, 3.05) is 47.5 Å². The average molecular weight is 862 g/mol. The molecule has 0 aliphatic rings. The monoisotopic (exact) mass is 862 g/mol. The summed E-state index contributed by atoms with van der Waals surface area (Å²) in [6, 6.07) is 0. The van der Waals surface area contributed by atoms with Crippen LogP contribution in [-0.2, 0) is 32.7 Å². The zero-order valence-electron chi connectivity index (χ0n) is 37.6. The third kappa shape index (κ3) is 41.6. The maximum atomic E-state index is 12.7. The van der Waals surface area contributed by atoms with E-state index in [9.17, 15) is 29.3 Å². The summed E-state index contributed by atoms with van der Waals surface area (Å²) in [4.78, 5) is 37.5. The van der Waals surface area contributed by atoms with Crippen LogP contribution < -0.4 is 4.89 Å². The van der Waals surface area contributed by atoms with Gasteiger partial charge in [0.15, 0.2) is 6.10 Å². The molecule has 2 unspecified atom stereocenters. The molecule has 0 aliphatic heterocycles. The summed E-state index contributed by atoms with van der Waals surface area (Å²) in [5.74, 6) is -1.03. The molecule has 0 heterocycles. The summed E-state index contributed by atoms with van der Waals surface area (Å²) in [5.41, 5.74) is 0. The largest absolute Gasteiger partial charge is 0.756 e. The number of aliphatic hydroxyl groups is 2. The van der Waals surface area contributed by atoms with Gasteiger partial charge >= 0.3 is 11.9 Å². The van der Waals surface area contributed by atoms with Crippen molar-refractivity contribution in [3.8, 4) is 0 Å². The Morgan fingerprint density at radius 1 is 0.617 bits per heavy atom. The molecule has 2 N–H and O–H groups in total. The van der Waals surface area contributed by atoms with Gasteiger partial charge in [0.25, 0.3) is 7.82 Å². The highest BCUT2D eigenvalue weighted by Gasteiger charge is 2.21. The minimum Gasteiger partial charge on any atom is -0.756 e. The lowest BCUT2D eigenvalue weighted by Crippen LogP contribution is -2.37. The van der Waals surface area contributed by atoms with Crippen molar-refractivity contribution in [1.29, 1.82) is 0 Å². The van der Waals surface area contributed by atoms with Crippen molar-refractivity contribution in [2.24, 2.45) is 0 Å². The maximum Gasteiger partial charge on any atom is 0.306 e. The van der Waals surface area contributed by atoms with Crippen LogP contribution in [0.25, 0.3) is 0 Å². The first kappa shape index (κ1) is 56.9. The Balaban J connectivity index is 4.65. The number of hydrogen-bond acceptors (Lipinski definition) is 10. The van der Waals surface area contributed by atoms with Crippen molar-refractivity contribution in [3.05, 3.63) is 97.2 Å². The number of unbranched alkanes of at least 4 members (excludes halogenated alkanes) is 6. The molecule has 0 spiro atoms. The van der Waals surface area contributed by atoms with E-state index < -0.39 is 32.5 Å². The van der Waals surface area contributed by atoms with E-state index in [4.69, 9.17) is 18.5 Å². The summed E-state index contributed by atoms with van der Waals surface area (Å²) in [5, 5.41) is 19.8. The highest BCUT2D eigenvalue weighted by Crippen LogP contribution is 2.38. The lowest BCUT2D eigenvalue weighted by molar-refractivity contribution is -0.870. The van der Waals surface area contributed by atoms with Crippen molar-refractivity contribution < 1.29 is 52.3 Å². The minimum absolute atomic E-state index is 0.0710. The zero-order valence-corrected chi connectivity index (χ0v) is 38.5. The molecule has 12 heteroatoms. The van der Waals surface area contributed by atoms with E-state index in [0.717, 1.165) is 77.0 Å². The normalized spacial score (nSPS) is 15.5. The maximum absolute atomic E-state index is 12.7. The molecular weight excluding hydrogens is 781 g/mol. The molecule has 60 heavy (non-hydrogen) atoms. The number of phosphoric acid groups is 1. The molecule has 0 aliphatic carbocycles. The minimum atomic E-state index is -4.68. The quantitative estimate of drug-likeness (QED) is 0.0153. The summed E-state index contributed by atoms with van der Waals surface area (Å²) in [6.45, 7) is 3.78. The number of aliphatic hydroxyl groups excluding tert-OH is 2. The highest BCUT2D eigenvalue weighted by atomic mass is 31.2. The van der Waals surface area contributed by atoms with Crippen LogP contribution in [0.5, 0.6) is 0 Å². The van der Waals surface area contributed by atoms with Crippen LogP contribution in [0.1, 0.15) is 129 Å². The predicted molar refractivity (Wildman–Crippen MR) is 243 cm³/mol. The molecule has 0 bridgehead atoms. The Kier molecular flexibility index (Phi) is 36.7. The number of nitrogens with zero attached hydrogens (tertiary/aromatic N) is 1. The van der Waals surface area contributed by atoms with Gasteiger partial charge in [0.05, 0.1) is 40.0 Å². The van der Waals surface area contributed by atoms with Crippen LogP contribution in [-0.4, -0.2) is 92.5 Å². The Hall–Kier alpha value is -3.15. The molecule has 342 valence electrons. The molecule has 11 nitrogen and oxygen atoms in total. The molecule has 0 saturated carbocycles. The van der Waals surface area contributed by atoms with Crippen LogP contribution in [0.3, 0.4) is 0 Å². The summed E-state index contributed by atoms with van der Waals surface area (Å²) in [7, 11) is 1.03. The molecule has 4 atom stereocenters. The number of allylic oxidation sites excluding steroid dienone is 14. The Bertz CT molecular complexity index is 1380. The van der Waals surface area contributed by atoms with Crippen LogP contribution in [0.15, 0.2) is 97.2 Å². The van der Waals surface area contributed by atoms with Gasteiger partial charge in [-0.3, -0.25) is 14.2 Å². The fourth-order valence-electron chi connectivity index (χ4n) is 5.21. The van der Waals surface area contributed by atoms with Gasteiger partial charge in [0.1, 0.15) is 19.8 Å². The topological polar surface area (TPSA) is 152 Å². The van der Waals surface area contributed by atoms with Gasteiger partial charge in [-0.25, -0.2) is 0 Å². The van der Waals surface area contributed by atoms with Crippen LogP contribution in [0.4, 0.5) is 0 Å². The van der Waals surface area contributed by atoms with Crippen LogP contribution in [0.2, 0.25) is 0 Å². The smallest absolute Gasteiger partial charge is 0.306 e. The number of esters is 2. The molecule has 0 saturated heterocycles. The van der Waals surface area contributed by atoms with Gasteiger partial charge in [0.2, 0.25) is 0 Å². The standard InChI is InChI=1S/C48H80NO10P/c1-6-8-28-34-44(50)36-30-24-20-16-12-10-14-18-22-26-32-38-47(52)56-42-46(43-58-60(54,55)57-41-40-49(3,4)5)59-48(53)39-33-27-23-19-15-11-13-17-21-25-31-37-45(51)35-29-9-7-2/h10-13,18-25,30-31,36-37,44-46,50-51H,6-9,14-17,26-29,32-35,38-43H2,1-5H3/b12-10-,13-11-,22-18-,23-19-,24-20-,25-21-,36-30+,37-31+/t44-,45-,46?/m0/s1. The predicted octanol–water partition coefficient (Wildman–Crippen LogP) is 9.88. The average Bonchev–Trinajstić information content (AvgIpc) is 3.19. The van der Waals surface area contributed by atoms with Crippen LogP contribution in [0, 0.1) is 0 Å². The van der Waals surface area contributed by atoms with Gasteiger partial charge in [-0.15, -0.1) is 0 Å². The molecule has 0 aromatic heterocycles. The third-order valence-electron chi connectivity index (χ3n) is 8.78. The Morgan fingerprint density at radius 3 is 1.57 bits per heavy atom. The number of quaternary nitrogens is 1. The van der Waals surface area contributed by atoms with Crippen molar-refractivity contribution in [2.45, 2.75) is 148 Å². The van der Waals surface area contributed by atoms with Gasteiger partial charge in [-0.1, -0.05) is 150 Å². The third-order valence-corrected chi connectivity index (χ3v) is 9.75. The van der Waals surface area contributed by atoms with Crippen molar-refractivity contribution in [1.82, 2.24) is 0 Å². The van der Waals surface area contributed by atoms with E-state index in [0.29, 0.717) is 36.7 Å². The summed E-state index contributed by atoms with van der Waals surface area (Å²) < 4.78 is 33.7. The molecule has 0 fully saturated rings. The molecule has 0 aromatic rings. The number of likely N-dealkylation sites (N-methyl/N-ethyl adjacent to an activating group) is 1. The molecular formula is C48H80NO10P. The van der Waals surface area contributed by atoms with Crippen molar-refractivity contribution >= 4 is 19.8 Å². The number of rotatable bonds is 38. The second-order valence-electron chi connectivity index (χ2n) is 15.8. The lowest BCUT2D eigenvalue weighted by Gasteiger charge is -2.28. The Morgan fingerprint density at radius 2 is 1.08 bits per heavy atom. The van der Waals surface area contributed by atoms with E-state index in [1.54, 1.807) is 0 Å². The second kappa shape index (κ2) is 38.7. The van der Waals surface area contributed by atoms with E-state index in [1.807, 2.05) is 94.1 Å². The Labute approximate surface area is 363 Å². The molecule has 0 amide bonds. The van der Waals surface area contributed by atoms with Gasteiger partial charge in [-0.05, 0) is 64.2 Å². The van der Waals surface area contributed by atoms with Gasteiger partial charge < -0.3 is 38.1 Å². The summed E-state index contributed by atoms with van der Waals surface area (Å²) >= 11 is 0. The number of carbonyl (C=O) groups excluding carboxylic acids is 2. The zero-order chi connectivity index (χ0) is 44.6. The number of phosphoric ester groups is 1. The SMILES string of the molecule is CCCCC[C@H](O)/C=C/C=C\C/C=C\C/C=C\CCCC(=O)OCC(COP(=O)([O-])OCC[N+](C)(C)C)OC(=O)CCC/C=C\C/C=C\C/C=C\C=C\[C@@H](O)CCCCC. The summed E-state index contributed by atoms with van der Waals surface area (Å²) in [6.07, 6.45) is 43.9. The molecule has 0 aromatic carbocycles. The first-order chi connectivity index (χ1) is 28.8. The van der Waals surface area contributed by atoms with Gasteiger partial charge in [0, 0.05) is 12.8 Å². The first-order valence-electron chi connectivity index (χ1n) is 22.2. The number of carbonyl (C=O) groups is 2. The molecule has 0 radical (unpaired) electrons. The van der Waals surface area contributed by atoms with E-state index >= 15 is 0 Å². The molecule has 0 rings (SSSR count). The fraction of sp³-hybridized carbons (Fsp3) is 0.625.